The summed E-state index contributed by atoms with van der Waals surface area (Å²) in [6.45, 7) is 5.46. The van der Waals surface area contributed by atoms with Gasteiger partial charge in [0.2, 0.25) is 0 Å². The Labute approximate surface area is 88.8 Å². The van der Waals surface area contributed by atoms with Crippen LogP contribution in [0.3, 0.4) is 0 Å². The summed E-state index contributed by atoms with van der Waals surface area (Å²) in [5, 5.41) is 9.10. The van der Waals surface area contributed by atoms with E-state index in [2.05, 4.69) is 11.8 Å². The molecule has 0 amide bonds. The van der Waals surface area contributed by atoms with Crippen molar-refractivity contribution in [1.82, 2.24) is 4.90 Å². The number of hydrogen-bond donors (Lipinski definition) is 2. The fraction of sp³-hybridized carbons (Fsp3) is 1.00. The van der Waals surface area contributed by atoms with Crippen molar-refractivity contribution in [2.45, 2.75) is 51.2 Å². The monoisotopic (exact) mass is 202 g/mol. The third-order valence-corrected chi connectivity index (χ3v) is 3.15. The third kappa shape index (κ3) is 4.40. The zero-order valence-corrected chi connectivity index (χ0v) is 9.28. The minimum absolute atomic E-state index is 0. The molecular formula is C11H26N2O. The fourth-order valence-electron chi connectivity index (χ4n) is 1.68. The van der Waals surface area contributed by atoms with E-state index in [0.29, 0.717) is 6.04 Å². The van der Waals surface area contributed by atoms with Crippen LogP contribution in [0.5, 0.6) is 0 Å². The second-order valence-corrected chi connectivity index (χ2v) is 4.36. The SMILES string of the molecule is CCN1CCC(O)CC1.NC1CCC1.[HH]. The van der Waals surface area contributed by atoms with Crippen LogP contribution in [0, 0.1) is 0 Å². The number of nitrogens with zero attached hydrogens (tertiary/aromatic N) is 1. The molecule has 3 N–H and O–H groups in total. The maximum atomic E-state index is 9.10. The van der Waals surface area contributed by atoms with Gasteiger partial charge in [-0.05, 0) is 32.2 Å². The largest absolute Gasteiger partial charge is 0.393 e. The highest BCUT2D eigenvalue weighted by Crippen LogP contribution is 2.14. The molecule has 0 radical (unpaired) electrons. The first-order valence-corrected chi connectivity index (χ1v) is 5.88. The van der Waals surface area contributed by atoms with Crippen molar-refractivity contribution in [2.24, 2.45) is 5.73 Å². The Kier molecular flexibility index (Phi) is 5.45. The Hall–Kier alpha value is -0.120. The lowest BCUT2D eigenvalue weighted by atomic mass is 9.95. The molecule has 0 atom stereocenters. The molecule has 1 saturated heterocycles. The standard InChI is InChI=1S/C7H15NO.C4H9N.H2/c1-2-8-5-3-7(9)4-6-8;5-4-2-1-3-4;/h7,9H,2-6H2,1H3;4H,1-3,5H2;1H. The van der Waals surface area contributed by atoms with Crippen LogP contribution in [0.2, 0.25) is 0 Å². The predicted octanol–water partition coefficient (Wildman–Crippen LogP) is 1.21. The molecule has 3 nitrogen and oxygen atoms in total. The first-order valence-electron chi connectivity index (χ1n) is 5.88. The number of aliphatic hydroxyl groups is 1. The van der Waals surface area contributed by atoms with Gasteiger partial charge in [-0.2, -0.15) is 0 Å². The molecule has 86 valence electrons. The lowest BCUT2D eigenvalue weighted by molar-refractivity contribution is 0.0852. The minimum Gasteiger partial charge on any atom is -0.393 e. The number of aliphatic hydroxyl groups excluding tert-OH is 1. The highest BCUT2D eigenvalue weighted by molar-refractivity contribution is 4.70. The fourth-order valence-corrected chi connectivity index (χ4v) is 1.68. The maximum Gasteiger partial charge on any atom is 0.0564 e. The molecule has 0 aromatic rings. The Balaban J connectivity index is 0.000000280. The van der Waals surface area contributed by atoms with Gasteiger partial charge in [0.05, 0.1) is 6.10 Å². The van der Waals surface area contributed by atoms with Crippen molar-refractivity contribution < 1.29 is 6.53 Å². The highest BCUT2D eigenvalue weighted by atomic mass is 16.3. The second kappa shape index (κ2) is 6.38. The molecule has 2 rings (SSSR count). The van der Waals surface area contributed by atoms with Crippen LogP contribution in [0.4, 0.5) is 0 Å². The molecule has 3 heteroatoms. The van der Waals surface area contributed by atoms with Gasteiger partial charge in [0.25, 0.3) is 0 Å². The van der Waals surface area contributed by atoms with Crippen molar-refractivity contribution in [3.8, 4) is 0 Å². The summed E-state index contributed by atoms with van der Waals surface area (Å²) in [7, 11) is 0. The summed E-state index contributed by atoms with van der Waals surface area (Å²) < 4.78 is 0. The number of piperidine rings is 1. The second-order valence-electron chi connectivity index (χ2n) is 4.36. The molecule has 0 aromatic carbocycles. The maximum absolute atomic E-state index is 9.10. The average Bonchev–Trinajstić information content (AvgIpc) is 2.17. The van der Waals surface area contributed by atoms with E-state index in [-0.39, 0.29) is 7.53 Å². The summed E-state index contributed by atoms with van der Waals surface area (Å²) in [6.07, 6.45) is 5.80. The van der Waals surface area contributed by atoms with Crippen LogP contribution in [0.1, 0.15) is 40.5 Å². The Morgan fingerprint density at radius 3 is 2.07 bits per heavy atom. The Morgan fingerprint density at radius 2 is 1.79 bits per heavy atom. The molecule has 1 aliphatic heterocycles. The van der Waals surface area contributed by atoms with Gasteiger partial charge in [-0.1, -0.05) is 13.3 Å². The number of hydrogen-bond acceptors (Lipinski definition) is 3. The zero-order chi connectivity index (χ0) is 10.4. The zero-order valence-electron chi connectivity index (χ0n) is 9.28. The van der Waals surface area contributed by atoms with Gasteiger partial charge in [-0.15, -0.1) is 0 Å². The van der Waals surface area contributed by atoms with E-state index in [9.17, 15) is 0 Å². The van der Waals surface area contributed by atoms with Crippen molar-refractivity contribution >= 4 is 0 Å². The average molecular weight is 202 g/mol. The van der Waals surface area contributed by atoms with Crippen molar-refractivity contribution in [3.05, 3.63) is 0 Å². The highest BCUT2D eigenvalue weighted by Gasteiger charge is 2.14. The van der Waals surface area contributed by atoms with Crippen molar-refractivity contribution in [3.63, 3.8) is 0 Å². The van der Waals surface area contributed by atoms with Crippen LogP contribution < -0.4 is 5.73 Å². The molecule has 0 unspecified atom stereocenters. The van der Waals surface area contributed by atoms with E-state index in [4.69, 9.17) is 10.8 Å². The molecule has 0 spiro atoms. The van der Waals surface area contributed by atoms with Crippen molar-refractivity contribution in [2.75, 3.05) is 19.6 Å². The number of likely N-dealkylation sites (tertiary alicyclic amines) is 1. The van der Waals surface area contributed by atoms with E-state index in [0.717, 1.165) is 32.5 Å². The van der Waals surface area contributed by atoms with Crippen LogP contribution in [0.25, 0.3) is 0 Å². The van der Waals surface area contributed by atoms with Gasteiger partial charge in [-0.25, -0.2) is 0 Å². The number of nitrogens with two attached hydrogens (primary N) is 1. The quantitative estimate of drug-likeness (QED) is 0.672. The molecular weight excluding hydrogens is 176 g/mol. The van der Waals surface area contributed by atoms with Crippen LogP contribution in [0.15, 0.2) is 0 Å². The molecule has 0 aromatic heterocycles. The first-order chi connectivity index (χ1) is 6.72. The van der Waals surface area contributed by atoms with Gasteiger partial charge < -0.3 is 15.7 Å². The lowest BCUT2D eigenvalue weighted by Crippen LogP contribution is -2.35. The van der Waals surface area contributed by atoms with Crippen molar-refractivity contribution in [1.29, 1.82) is 0 Å². The van der Waals surface area contributed by atoms with Gasteiger partial charge in [0, 0.05) is 20.6 Å². The Morgan fingerprint density at radius 1 is 1.29 bits per heavy atom. The van der Waals surface area contributed by atoms with Gasteiger partial charge in [-0.3, -0.25) is 0 Å². The molecule has 14 heavy (non-hydrogen) atoms. The molecule has 1 saturated carbocycles. The van der Waals surface area contributed by atoms with E-state index < -0.39 is 0 Å². The molecule has 1 aliphatic carbocycles. The van der Waals surface area contributed by atoms with Crippen LogP contribution >= 0.6 is 0 Å². The van der Waals surface area contributed by atoms with E-state index >= 15 is 0 Å². The van der Waals surface area contributed by atoms with E-state index in [1.54, 1.807) is 0 Å². The van der Waals surface area contributed by atoms with Gasteiger partial charge in [0.15, 0.2) is 0 Å². The summed E-state index contributed by atoms with van der Waals surface area (Å²) in [6, 6.07) is 0.565. The summed E-state index contributed by atoms with van der Waals surface area (Å²) >= 11 is 0. The smallest absolute Gasteiger partial charge is 0.0564 e. The summed E-state index contributed by atoms with van der Waals surface area (Å²) in [5.74, 6) is 0. The normalized spacial score (nSPS) is 25.1. The molecule has 2 fully saturated rings. The third-order valence-electron chi connectivity index (χ3n) is 3.15. The molecule has 2 aliphatic rings. The lowest BCUT2D eigenvalue weighted by Gasteiger charge is -2.27. The predicted molar refractivity (Wildman–Crippen MR) is 61.3 cm³/mol. The Bertz CT molecular complexity index is 146. The van der Waals surface area contributed by atoms with Gasteiger partial charge in [0.1, 0.15) is 0 Å². The van der Waals surface area contributed by atoms with Crippen LogP contribution in [-0.2, 0) is 0 Å². The minimum atomic E-state index is -0.0206. The van der Waals surface area contributed by atoms with E-state index in [1.807, 2.05) is 0 Å². The van der Waals surface area contributed by atoms with E-state index in [1.165, 1.54) is 19.3 Å². The first kappa shape index (κ1) is 12.0. The molecule has 0 bridgehead atoms. The van der Waals surface area contributed by atoms with Crippen LogP contribution in [-0.4, -0.2) is 41.8 Å². The number of rotatable bonds is 1. The summed E-state index contributed by atoms with van der Waals surface area (Å²) in [4.78, 5) is 2.37. The molecule has 1 heterocycles. The van der Waals surface area contributed by atoms with Gasteiger partial charge >= 0.3 is 0 Å². The topological polar surface area (TPSA) is 49.5 Å². The summed E-state index contributed by atoms with van der Waals surface area (Å²) in [5.41, 5.74) is 5.38.